The molecule has 17 heavy (non-hydrogen) atoms. The van der Waals surface area contributed by atoms with Gasteiger partial charge in [0.15, 0.2) is 0 Å². The molecule has 5 nitrogen and oxygen atoms in total. The smallest absolute Gasteiger partial charge is 0.211 e. The van der Waals surface area contributed by atoms with Gasteiger partial charge in [-0.2, -0.15) is 0 Å². The van der Waals surface area contributed by atoms with Gasteiger partial charge in [0.1, 0.15) is 0 Å². The summed E-state index contributed by atoms with van der Waals surface area (Å²) in [7, 11) is -3.16. The molecule has 0 saturated heterocycles. The van der Waals surface area contributed by atoms with Gasteiger partial charge >= 0.3 is 0 Å². The van der Waals surface area contributed by atoms with Gasteiger partial charge < -0.3 is 5.32 Å². The summed E-state index contributed by atoms with van der Waals surface area (Å²) in [5.74, 6) is 0.183. The van der Waals surface area contributed by atoms with Crippen LogP contribution in [-0.4, -0.2) is 32.2 Å². The number of sulfonamides is 1. The Morgan fingerprint density at radius 3 is 2.88 bits per heavy atom. The average molecular weight is 277 g/mol. The lowest BCUT2D eigenvalue weighted by molar-refractivity contribution is 0.573. The van der Waals surface area contributed by atoms with Crippen LogP contribution in [0, 0.1) is 0 Å². The van der Waals surface area contributed by atoms with E-state index in [-0.39, 0.29) is 5.75 Å². The summed E-state index contributed by atoms with van der Waals surface area (Å²) in [5, 5.41) is 5.01. The maximum atomic E-state index is 11.6. The van der Waals surface area contributed by atoms with Crippen molar-refractivity contribution in [2.75, 3.05) is 18.8 Å². The van der Waals surface area contributed by atoms with Crippen LogP contribution in [0.4, 0.5) is 0 Å². The van der Waals surface area contributed by atoms with Crippen molar-refractivity contribution in [3.05, 3.63) is 16.6 Å². The van der Waals surface area contributed by atoms with Crippen molar-refractivity contribution in [3.63, 3.8) is 0 Å². The van der Waals surface area contributed by atoms with Crippen molar-refractivity contribution in [1.82, 2.24) is 15.0 Å². The second-order valence-electron chi connectivity index (χ2n) is 3.68. The Morgan fingerprint density at radius 2 is 2.24 bits per heavy atom. The molecule has 1 rings (SSSR count). The highest BCUT2D eigenvalue weighted by atomic mass is 32.2. The largest absolute Gasteiger partial charge is 0.317 e. The predicted octanol–water partition coefficient (Wildman–Crippen LogP) is 0.952. The molecule has 0 saturated carbocycles. The fourth-order valence-electron chi connectivity index (χ4n) is 1.30. The number of nitrogens with zero attached hydrogens (tertiary/aromatic N) is 1. The summed E-state index contributed by atoms with van der Waals surface area (Å²) in [4.78, 5) is 4.02. The van der Waals surface area contributed by atoms with E-state index in [2.05, 4.69) is 15.0 Å². The molecule has 0 bridgehead atoms. The van der Waals surface area contributed by atoms with Gasteiger partial charge in [-0.1, -0.05) is 6.92 Å². The minimum Gasteiger partial charge on any atom is -0.317 e. The second-order valence-corrected chi connectivity index (χ2v) is 6.33. The van der Waals surface area contributed by atoms with Gasteiger partial charge in [0.05, 0.1) is 23.5 Å². The zero-order valence-corrected chi connectivity index (χ0v) is 11.6. The van der Waals surface area contributed by atoms with Crippen molar-refractivity contribution >= 4 is 21.4 Å². The molecule has 0 radical (unpaired) electrons. The van der Waals surface area contributed by atoms with E-state index in [0.29, 0.717) is 13.0 Å². The Kier molecular flexibility index (Phi) is 6.64. The lowest BCUT2D eigenvalue weighted by atomic mass is 10.3. The minimum absolute atomic E-state index is 0.183. The van der Waals surface area contributed by atoms with Crippen molar-refractivity contribution in [1.29, 1.82) is 0 Å². The van der Waals surface area contributed by atoms with E-state index in [1.807, 2.05) is 12.3 Å². The van der Waals surface area contributed by atoms with Crippen LogP contribution in [0.15, 0.2) is 10.9 Å². The molecule has 0 amide bonds. The van der Waals surface area contributed by atoms with E-state index in [1.165, 1.54) is 11.3 Å². The van der Waals surface area contributed by atoms with E-state index in [9.17, 15) is 8.42 Å². The zero-order valence-electron chi connectivity index (χ0n) is 9.98. The lowest BCUT2D eigenvalue weighted by Gasteiger charge is -2.05. The van der Waals surface area contributed by atoms with Crippen LogP contribution in [0.3, 0.4) is 0 Å². The molecule has 0 spiro atoms. The SMILES string of the molecule is CCNCCCCS(=O)(=O)NCc1cscn1. The summed E-state index contributed by atoms with van der Waals surface area (Å²) >= 11 is 1.46. The Morgan fingerprint density at radius 1 is 1.41 bits per heavy atom. The highest BCUT2D eigenvalue weighted by Gasteiger charge is 2.09. The molecule has 0 aromatic carbocycles. The van der Waals surface area contributed by atoms with Crippen LogP contribution in [0.5, 0.6) is 0 Å². The van der Waals surface area contributed by atoms with Gasteiger partial charge in [-0.05, 0) is 25.9 Å². The van der Waals surface area contributed by atoms with Gasteiger partial charge in [-0.25, -0.2) is 18.1 Å². The van der Waals surface area contributed by atoms with Crippen LogP contribution in [0.2, 0.25) is 0 Å². The zero-order chi connectivity index (χ0) is 12.6. The third-order valence-electron chi connectivity index (χ3n) is 2.22. The van der Waals surface area contributed by atoms with Crippen LogP contribution in [0.25, 0.3) is 0 Å². The molecule has 0 fully saturated rings. The Bertz CT molecular complexity index is 390. The first-order chi connectivity index (χ1) is 8.14. The number of aromatic nitrogens is 1. The lowest BCUT2D eigenvalue weighted by Crippen LogP contribution is -2.26. The standard InChI is InChI=1S/C10H19N3O2S2/c1-2-11-5-3-4-6-17(14,15)13-7-10-8-16-9-12-10/h8-9,11,13H,2-7H2,1H3. The van der Waals surface area contributed by atoms with Crippen molar-refractivity contribution in [3.8, 4) is 0 Å². The highest BCUT2D eigenvalue weighted by Crippen LogP contribution is 2.01. The van der Waals surface area contributed by atoms with Crippen LogP contribution < -0.4 is 10.0 Å². The van der Waals surface area contributed by atoms with Crippen molar-refractivity contribution in [2.24, 2.45) is 0 Å². The minimum atomic E-state index is -3.16. The summed E-state index contributed by atoms with van der Waals surface area (Å²) in [6.07, 6.45) is 1.56. The van der Waals surface area contributed by atoms with Gasteiger partial charge in [0, 0.05) is 5.38 Å². The predicted molar refractivity (Wildman–Crippen MR) is 70.5 cm³/mol. The fraction of sp³-hybridized carbons (Fsp3) is 0.700. The second kappa shape index (κ2) is 7.75. The molecule has 1 heterocycles. The molecule has 2 N–H and O–H groups in total. The molecule has 0 aliphatic rings. The molecule has 0 atom stereocenters. The number of nitrogens with one attached hydrogen (secondary N) is 2. The van der Waals surface area contributed by atoms with E-state index in [0.717, 1.165) is 25.2 Å². The van der Waals surface area contributed by atoms with Crippen LogP contribution in [-0.2, 0) is 16.6 Å². The molecule has 7 heteroatoms. The summed E-state index contributed by atoms with van der Waals surface area (Å²) in [6, 6.07) is 0. The van der Waals surface area contributed by atoms with E-state index in [1.54, 1.807) is 5.51 Å². The number of rotatable bonds is 9. The highest BCUT2D eigenvalue weighted by molar-refractivity contribution is 7.89. The third kappa shape index (κ3) is 6.72. The van der Waals surface area contributed by atoms with E-state index < -0.39 is 10.0 Å². The monoisotopic (exact) mass is 277 g/mol. The molecule has 1 aromatic heterocycles. The van der Waals surface area contributed by atoms with Gasteiger partial charge in [0.2, 0.25) is 10.0 Å². The normalized spacial score (nSPS) is 11.8. The number of hydrogen-bond donors (Lipinski definition) is 2. The van der Waals surface area contributed by atoms with Crippen LogP contribution >= 0.6 is 11.3 Å². The maximum Gasteiger partial charge on any atom is 0.211 e. The van der Waals surface area contributed by atoms with Gasteiger partial charge in [0.25, 0.3) is 0 Å². The Hall–Kier alpha value is -0.500. The topological polar surface area (TPSA) is 71.1 Å². The number of hydrogen-bond acceptors (Lipinski definition) is 5. The van der Waals surface area contributed by atoms with Gasteiger partial charge in [-0.3, -0.25) is 0 Å². The first-order valence-corrected chi connectivity index (χ1v) is 8.28. The maximum absolute atomic E-state index is 11.6. The molecule has 0 aliphatic heterocycles. The fourth-order valence-corrected chi connectivity index (χ4v) is 2.95. The summed E-state index contributed by atoms with van der Waals surface area (Å²) < 4.78 is 25.8. The molecule has 98 valence electrons. The van der Waals surface area contributed by atoms with E-state index in [4.69, 9.17) is 0 Å². The van der Waals surface area contributed by atoms with Gasteiger partial charge in [-0.15, -0.1) is 11.3 Å². The van der Waals surface area contributed by atoms with Crippen molar-refractivity contribution < 1.29 is 8.42 Å². The van der Waals surface area contributed by atoms with Crippen LogP contribution in [0.1, 0.15) is 25.5 Å². The molecular formula is C10H19N3O2S2. The van der Waals surface area contributed by atoms with Crippen molar-refractivity contribution in [2.45, 2.75) is 26.3 Å². The molecule has 1 aromatic rings. The average Bonchev–Trinajstić information content (AvgIpc) is 2.79. The Balaban J connectivity index is 2.17. The number of thiazole rings is 1. The first kappa shape index (κ1) is 14.6. The number of unbranched alkanes of at least 4 members (excludes halogenated alkanes) is 1. The Labute approximate surface area is 107 Å². The van der Waals surface area contributed by atoms with E-state index >= 15 is 0 Å². The third-order valence-corrected chi connectivity index (χ3v) is 4.27. The molecule has 0 unspecified atom stereocenters. The summed E-state index contributed by atoms with van der Waals surface area (Å²) in [5.41, 5.74) is 2.46. The summed E-state index contributed by atoms with van der Waals surface area (Å²) in [6.45, 7) is 4.12. The quantitative estimate of drug-likeness (QED) is 0.659. The molecular weight excluding hydrogens is 258 g/mol. The first-order valence-electron chi connectivity index (χ1n) is 5.69. The molecule has 0 aliphatic carbocycles.